The second kappa shape index (κ2) is 12.7. The van der Waals surface area contributed by atoms with Gasteiger partial charge in [-0.2, -0.15) is 0 Å². The Hall–Kier alpha value is -0.200. The molecule has 6 saturated carbocycles. The van der Waals surface area contributed by atoms with Crippen LogP contribution >= 0.6 is 0 Å². The summed E-state index contributed by atoms with van der Waals surface area (Å²) in [7, 11) is 0. The van der Waals surface area contributed by atoms with Crippen molar-refractivity contribution in [2.75, 3.05) is 6.67 Å². The Morgan fingerprint density at radius 3 is 1.39 bits per heavy atom. The molecule has 8 rings (SSSR count). The molecule has 0 aromatic rings. The molecule has 2 aliphatic heterocycles. The van der Waals surface area contributed by atoms with Crippen molar-refractivity contribution in [2.24, 2.45) is 41.4 Å². The largest absolute Gasteiger partial charge is 0.300 e. The van der Waals surface area contributed by atoms with Gasteiger partial charge in [-0.25, -0.2) is 0 Å². The van der Waals surface area contributed by atoms with Gasteiger partial charge in [0.05, 0.1) is 18.5 Å². The standard InChI is InChI=1S/C36H63N5/c1-3-11-24(12-4-1)34-38-35(25-13-5-2-6-14-25)40-36(39-34)26-19-21-27(22-20-26)41-23-37-32-30-17-9-7-15-28(30)29-16-8-10-18-31(29)33(32)41/h24-40H,1-23H2. The number of hydrogen-bond acceptors (Lipinski definition) is 5. The highest BCUT2D eigenvalue weighted by Crippen LogP contribution is 2.54. The van der Waals surface area contributed by atoms with Crippen LogP contribution in [0.4, 0.5) is 0 Å². The lowest BCUT2D eigenvalue weighted by atomic mass is 9.54. The molecule has 8 fully saturated rings. The molecule has 0 spiro atoms. The number of fused-ring (bicyclic) bond motifs is 6. The molecule has 8 atom stereocenters. The fraction of sp³-hybridized carbons (Fsp3) is 1.00. The molecule has 2 saturated heterocycles. The normalized spacial score (nSPS) is 48.7. The minimum Gasteiger partial charge on any atom is -0.300 e. The minimum atomic E-state index is 0.515. The van der Waals surface area contributed by atoms with Crippen LogP contribution in [0.1, 0.15) is 141 Å². The van der Waals surface area contributed by atoms with Gasteiger partial charge in [0.25, 0.3) is 0 Å². The average Bonchev–Trinajstić information content (AvgIpc) is 3.51. The van der Waals surface area contributed by atoms with E-state index >= 15 is 0 Å². The Balaban J connectivity index is 0.937. The summed E-state index contributed by atoms with van der Waals surface area (Å²) in [4.78, 5) is 3.08. The molecule has 0 radical (unpaired) electrons. The maximum Gasteiger partial charge on any atom is 0.0624 e. The Kier molecular flexibility index (Phi) is 8.73. The summed E-state index contributed by atoms with van der Waals surface area (Å²) < 4.78 is 0. The molecule has 0 aromatic carbocycles. The summed E-state index contributed by atoms with van der Waals surface area (Å²) in [6.07, 6.45) is 33.8. The number of nitrogens with one attached hydrogen (secondary N) is 4. The topological polar surface area (TPSA) is 51.4 Å². The Labute approximate surface area is 251 Å². The first-order chi connectivity index (χ1) is 20.3. The average molecular weight is 566 g/mol. The Bertz CT molecular complexity index is 819. The zero-order valence-corrected chi connectivity index (χ0v) is 26.2. The van der Waals surface area contributed by atoms with Gasteiger partial charge in [0.1, 0.15) is 0 Å². The van der Waals surface area contributed by atoms with Crippen molar-refractivity contribution in [3.8, 4) is 0 Å². The maximum atomic E-state index is 4.21. The van der Waals surface area contributed by atoms with Crippen LogP contribution in [0.25, 0.3) is 0 Å². The van der Waals surface area contributed by atoms with Gasteiger partial charge in [-0.05, 0) is 118 Å². The summed E-state index contributed by atoms with van der Waals surface area (Å²) in [6, 6.07) is 2.47. The minimum absolute atomic E-state index is 0.515. The summed E-state index contributed by atoms with van der Waals surface area (Å²) >= 11 is 0. The van der Waals surface area contributed by atoms with E-state index in [0.717, 1.165) is 59.6 Å². The fourth-order valence-corrected chi connectivity index (χ4v) is 12.5. The van der Waals surface area contributed by atoms with Crippen LogP contribution in [0.5, 0.6) is 0 Å². The summed E-state index contributed by atoms with van der Waals surface area (Å²) in [6.45, 7) is 1.19. The monoisotopic (exact) mass is 566 g/mol. The molecule has 0 aromatic heterocycles. The predicted molar refractivity (Wildman–Crippen MR) is 168 cm³/mol. The molecule has 4 N–H and O–H groups in total. The second-order valence-electron chi connectivity index (χ2n) is 16.4. The van der Waals surface area contributed by atoms with Gasteiger partial charge >= 0.3 is 0 Å². The van der Waals surface area contributed by atoms with Gasteiger partial charge in [0, 0.05) is 24.8 Å². The molecule has 5 nitrogen and oxygen atoms in total. The molecule has 5 heteroatoms. The van der Waals surface area contributed by atoms with Gasteiger partial charge in [-0.3, -0.25) is 26.2 Å². The van der Waals surface area contributed by atoms with E-state index in [1.807, 2.05) is 0 Å². The van der Waals surface area contributed by atoms with Crippen LogP contribution in [0.3, 0.4) is 0 Å². The summed E-state index contributed by atoms with van der Waals surface area (Å²) in [5.74, 6) is 6.53. The SMILES string of the molecule is C1CCC(C2NC(C3CCCCC3)NC(C3CCC(N4CNC5C6CCCCC6C6CCCCC6C54)CC3)N2)CC1. The van der Waals surface area contributed by atoms with E-state index in [1.165, 1.54) is 135 Å². The lowest BCUT2D eigenvalue weighted by Gasteiger charge is -2.56. The van der Waals surface area contributed by atoms with Crippen molar-refractivity contribution < 1.29 is 0 Å². The quantitative estimate of drug-likeness (QED) is 0.306. The van der Waals surface area contributed by atoms with E-state index in [0.29, 0.717) is 18.5 Å². The molecule has 0 amide bonds. The van der Waals surface area contributed by atoms with Gasteiger partial charge in [0.15, 0.2) is 0 Å². The molecule has 8 unspecified atom stereocenters. The van der Waals surface area contributed by atoms with Crippen molar-refractivity contribution in [1.29, 1.82) is 0 Å². The summed E-state index contributed by atoms with van der Waals surface area (Å²) in [5, 5.41) is 16.8. The first-order valence-electron chi connectivity index (χ1n) is 19.1. The predicted octanol–water partition coefficient (Wildman–Crippen LogP) is 6.69. The zero-order chi connectivity index (χ0) is 27.2. The van der Waals surface area contributed by atoms with Crippen molar-refractivity contribution in [3.05, 3.63) is 0 Å². The molecule has 0 bridgehead atoms. The molecule has 41 heavy (non-hydrogen) atoms. The van der Waals surface area contributed by atoms with Gasteiger partial charge < -0.3 is 0 Å². The van der Waals surface area contributed by atoms with Crippen LogP contribution in [0, 0.1) is 41.4 Å². The van der Waals surface area contributed by atoms with Gasteiger partial charge in [-0.1, -0.05) is 64.2 Å². The Morgan fingerprint density at radius 1 is 0.390 bits per heavy atom. The highest BCUT2D eigenvalue weighted by Gasteiger charge is 2.56. The lowest BCUT2D eigenvalue weighted by Crippen LogP contribution is -2.72. The first-order valence-corrected chi connectivity index (χ1v) is 19.1. The molecule has 2 heterocycles. The maximum absolute atomic E-state index is 4.21. The van der Waals surface area contributed by atoms with E-state index in [4.69, 9.17) is 0 Å². The third kappa shape index (κ3) is 5.60. The van der Waals surface area contributed by atoms with Crippen LogP contribution in [0.15, 0.2) is 0 Å². The van der Waals surface area contributed by atoms with Gasteiger partial charge in [0.2, 0.25) is 0 Å². The van der Waals surface area contributed by atoms with Crippen LogP contribution in [0.2, 0.25) is 0 Å². The van der Waals surface area contributed by atoms with Gasteiger partial charge in [-0.15, -0.1) is 0 Å². The smallest absolute Gasteiger partial charge is 0.0624 e. The van der Waals surface area contributed by atoms with E-state index in [9.17, 15) is 0 Å². The number of hydrogen-bond donors (Lipinski definition) is 4. The molecular weight excluding hydrogens is 502 g/mol. The Morgan fingerprint density at radius 2 is 0.829 bits per heavy atom. The third-order valence-electron chi connectivity index (χ3n) is 14.5. The highest BCUT2D eigenvalue weighted by molar-refractivity contribution is 5.10. The zero-order valence-electron chi connectivity index (χ0n) is 26.2. The van der Waals surface area contributed by atoms with Crippen LogP contribution in [-0.2, 0) is 0 Å². The molecule has 6 aliphatic carbocycles. The van der Waals surface area contributed by atoms with Crippen LogP contribution < -0.4 is 21.3 Å². The highest BCUT2D eigenvalue weighted by atomic mass is 15.4. The lowest BCUT2D eigenvalue weighted by molar-refractivity contribution is -0.0468. The van der Waals surface area contributed by atoms with E-state index in [-0.39, 0.29) is 0 Å². The summed E-state index contributed by atoms with van der Waals surface area (Å²) in [5.41, 5.74) is 0. The van der Waals surface area contributed by atoms with E-state index in [1.54, 1.807) is 12.8 Å². The first kappa shape index (κ1) is 28.3. The van der Waals surface area contributed by atoms with Crippen LogP contribution in [-0.4, -0.2) is 48.2 Å². The fourth-order valence-electron chi connectivity index (χ4n) is 12.5. The molecular formula is C36H63N5. The van der Waals surface area contributed by atoms with Crippen molar-refractivity contribution in [2.45, 2.75) is 178 Å². The van der Waals surface area contributed by atoms with E-state index in [2.05, 4.69) is 26.2 Å². The van der Waals surface area contributed by atoms with Crippen molar-refractivity contribution in [3.63, 3.8) is 0 Å². The number of nitrogens with zero attached hydrogens (tertiary/aromatic N) is 1. The molecule has 232 valence electrons. The number of rotatable bonds is 4. The molecule has 8 aliphatic rings. The van der Waals surface area contributed by atoms with E-state index < -0.39 is 0 Å². The third-order valence-corrected chi connectivity index (χ3v) is 14.5. The van der Waals surface area contributed by atoms with Crippen molar-refractivity contribution >= 4 is 0 Å². The van der Waals surface area contributed by atoms with Crippen molar-refractivity contribution in [1.82, 2.24) is 26.2 Å². The second-order valence-corrected chi connectivity index (χ2v) is 16.4.